The van der Waals surface area contributed by atoms with Crippen LogP contribution in [0.4, 0.5) is 0 Å². The summed E-state index contributed by atoms with van der Waals surface area (Å²) >= 11 is 0. The van der Waals surface area contributed by atoms with Crippen molar-refractivity contribution in [2.45, 2.75) is 19.8 Å². The number of benzene rings is 2. The molecule has 0 unspecified atom stereocenters. The highest BCUT2D eigenvalue weighted by Crippen LogP contribution is 2.34. The SMILES string of the molecule is C=Cc1ccccc1C(=C)c1c(C=C)cccc1C(C)C. The van der Waals surface area contributed by atoms with Crippen LogP contribution in [0.2, 0.25) is 0 Å². The first-order chi connectivity index (χ1) is 10.1. The van der Waals surface area contributed by atoms with Crippen LogP contribution in [0.25, 0.3) is 17.7 Å². The molecule has 0 bridgehead atoms. The maximum absolute atomic E-state index is 4.36. The Labute approximate surface area is 128 Å². The zero-order chi connectivity index (χ0) is 15.4. The Balaban J connectivity index is 2.68. The summed E-state index contributed by atoms with van der Waals surface area (Å²) in [5, 5.41) is 0. The van der Waals surface area contributed by atoms with Crippen molar-refractivity contribution in [3.63, 3.8) is 0 Å². The Morgan fingerprint density at radius 2 is 1.52 bits per heavy atom. The summed E-state index contributed by atoms with van der Waals surface area (Å²) in [6.45, 7) is 16.6. The highest BCUT2D eigenvalue weighted by Gasteiger charge is 2.15. The van der Waals surface area contributed by atoms with E-state index in [0.717, 1.165) is 22.3 Å². The van der Waals surface area contributed by atoms with E-state index in [0.29, 0.717) is 5.92 Å². The molecule has 0 aromatic heterocycles. The van der Waals surface area contributed by atoms with Gasteiger partial charge < -0.3 is 0 Å². The van der Waals surface area contributed by atoms with Crippen molar-refractivity contribution in [2.75, 3.05) is 0 Å². The molecular weight excluding hydrogens is 252 g/mol. The smallest absolute Gasteiger partial charge is 0.00767 e. The van der Waals surface area contributed by atoms with Crippen LogP contribution in [0.3, 0.4) is 0 Å². The third-order valence-electron chi connectivity index (χ3n) is 3.78. The highest BCUT2D eigenvalue weighted by molar-refractivity contribution is 5.88. The summed E-state index contributed by atoms with van der Waals surface area (Å²) in [5.74, 6) is 0.438. The van der Waals surface area contributed by atoms with Gasteiger partial charge >= 0.3 is 0 Å². The molecule has 106 valence electrons. The second-order valence-corrected chi connectivity index (χ2v) is 5.44. The lowest BCUT2D eigenvalue weighted by molar-refractivity contribution is 0.862. The van der Waals surface area contributed by atoms with Crippen molar-refractivity contribution in [1.82, 2.24) is 0 Å². The fourth-order valence-corrected chi connectivity index (χ4v) is 2.67. The second kappa shape index (κ2) is 6.41. The Morgan fingerprint density at radius 1 is 0.905 bits per heavy atom. The Kier molecular flexibility index (Phi) is 4.59. The zero-order valence-electron chi connectivity index (χ0n) is 12.9. The summed E-state index contributed by atoms with van der Waals surface area (Å²) in [6, 6.07) is 14.6. The van der Waals surface area contributed by atoms with Crippen LogP contribution in [0.1, 0.15) is 47.6 Å². The molecular formula is C21H22. The molecule has 2 aromatic rings. The van der Waals surface area contributed by atoms with Crippen LogP contribution in [0.15, 0.2) is 62.2 Å². The predicted octanol–water partition coefficient (Wildman–Crippen LogP) is 6.16. The molecule has 0 heteroatoms. The Morgan fingerprint density at radius 3 is 2.14 bits per heavy atom. The minimum atomic E-state index is 0.438. The van der Waals surface area contributed by atoms with E-state index in [2.05, 4.69) is 63.9 Å². The third kappa shape index (κ3) is 2.90. The van der Waals surface area contributed by atoms with E-state index in [-0.39, 0.29) is 0 Å². The van der Waals surface area contributed by atoms with Crippen molar-refractivity contribution < 1.29 is 0 Å². The standard InChI is InChI=1S/C21H22/c1-6-17-11-8-9-13-20(17)16(5)21-18(7-2)12-10-14-19(21)15(3)4/h6-15H,1-2,5H2,3-4H3. The predicted molar refractivity (Wildman–Crippen MR) is 95.3 cm³/mol. The van der Waals surface area contributed by atoms with Crippen molar-refractivity contribution >= 4 is 17.7 Å². The average molecular weight is 274 g/mol. The van der Waals surface area contributed by atoms with Gasteiger partial charge in [-0.25, -0.2) is 0 Å². The van der Waals surface area contributed by atoms with Crippen LogP contribution in [-0.4, -0.2) is 0 Å². The van der Waals surface area contributed by atoms with Gasteiger partial charge in [0.2, 0.25) is 0 Å². The van der Waals surface area contributed by atoms with Crippen LogP contribution in [-0.2, 0) is 0 Å². The lowest BCUT2D eigenvalue weighted by Crippen LogP contribution is -2.00. The molecule has 2 aromatic carbocycles. The van der Waals surface area contributed by atoms with E-state index in [1.165, 1.54) is 11.1 Å². The minimum absolute atomic E-state index is 0.438. The topological polar surface area (TPSA) is 0 Å². The largest absolute Gasteiger partial charge is 0.0984 e. The van der Waals surface area contributed by atoms with Crippen molar-refractivity contribution in [3.8, 4) is 0 Å². The summed E-state index contributed by atoms with van der Waals surface area (Å²) in [4.78, 5) is 0. The van der Waals surface area contributed by atoms with Gasteiger partial charge in [0.15, 0.2) is 0 Å². The van der Waals surface area contributed by atoms with Gasteiger partial charge in [-0.05, 0) is 39.3 Å². The second-order valence-electron chi connectivity index (χ2n) is 5.44. The van der Waals surface area contributed by atoms with Crippen molar-refractivity contribution in [3.05, 3.63) is 90.0 Å². The van der Waals surface area contributed by atoms with Crippen LogP contribution in [0.5, 0.6) is 0 Å². The molecule has 0 atom stereocenters. The molecule has 0 amide bonds. The minimum Gasteiger partial charge on any atom is -0.0984 e. The number of hydrogen-bond acceptors (Lipinski definition) is 0. The van der Waals surface area contributed by atoms with E-state index in [9.17, 15) is 0 Å². The maximum Gasteiger partial charge on any atom is -0.00767 e. The summed E-state index contributed by atoms with van der Waals surface area (Å²) in [5.41, 5.74) is 6.89. The van der Waals surface area contributed by atoms with Crippen LogP contribution < -0.4 is 0 Å². The molecule has 0 heterocycles. The molecule has 0 aliphatic carbocycles. The first-order valence-corrected chi connectivity index (χ1v) is 7.26. The molecule has 0 saturated heterocycles. The molecule has 0 aliphatic heterocycles. The molecule has 0 nitrogen and oxygen atoms in total. The van der Waals surface area contributed by atoms with E-state index in [1.807, 2.05) is 24.3 Å². The van der Waals surface area contributed by atoms with Gasteiger partial charge in [0.05, 0.1) is 0 Å². The molecule has 0 N–H and O–H groups in total. The van der Waals surface area contributed by atoms with E-state index in [1.54, 1.807) is 0 Å². The van der Waals surface area contributed by atoms with E-state index < -0.39 is 0 Å². The Bertz CT molecular complexity index is 687. The summed E-state index contributed by atoms with van der Waals surface area (Å²) in [7, 11) is 0. The molecule has 0 aliphatic rings. The van der Waals surface area contributed by atoms with Crippen LogP contribution >= 0.6 is 0 Å². The highest BCUT2D eigenvalue weighted by atomic mass is 14.2. The first kappa shape index (κ1) is 15.1. The third-order valence-corrected chi connectivity index (χ3v) is 3.78. The van der Waals surface area contributed by atoms with Gasteiger partial charge in [-0.2, -0.15) is 0 Å². The van der Waals surface area contributed by atoms with E-state index >= 15 is 0 Å². The molecule has 2 rings (SSSR count). The van der Waals surface area contributed by atoms with Crippen molar-refractivity contribution in [1.29, 1.82) is 0 Å². The quantitative estimate of drug-likeness (QED) is 0.612. The molecule has 0 radical (unpaired) electrons. The zero-order valence-corrected chi connectivity index (χ0v) is 12.9. The maximum atomic E-state index is 4.36. The molecule has 0 fully saturated rings. The van der Waals surface area contributed by atoms with Gasteiger partial charge in [0.1, 0.15) is 0 Å². The summed E-state index contributed by atoms with van der Waals surface area (Å²) < 4.78 is 0. The number of hydrogen-bond donors (Lipinski definition) is 0. The first-order valence-electron chi connectivity index (χ1n) is 7.26. The fourth-order valence-electron chi connectivity index (χ4n) is 2.67. The lowest BCUT2D eigenvalue weighted by Gasteiger charge is -2.19. The van der Waals surface area contributed by atoms with Gasteiger partial charge in [-0.3, -0.25) is 0 Å². The summed E-state index contributed by atoms with van der Waals surface area (Å²) in [6.07, 6.45) is 3.79. The monoisotopic (exact) mass is 274 g/mol. The fraction of sp³-hybridized carbons (Fsp3) is 0.143. The average Bonchev–Trinajstić information content (AvgIpc) is 2.53. The molecule has 0 saturated carbocycles. The molecule has 0 spiro atoms. The van der Waals surface area contributed by atoms with E-state index in [4.69, 9.17) is 0 Å². The van der Waals surface area contributed by atoms with Crippen LogP contribution in [0, 0.1) is 0 Å². The number of rotatable bonds is 5. The van der Waals surface area contributed by atoms with Gasteiger partial charge in [-0.1, -0.05) is 88.2 Å². The van der Waals surface area contributed by atoms with Gasteiger partial charge in [-0.15, -0.1) is 0 Å². The van der Waals surface area contributed by atoms with Gasteiger partial charge in [0.25, 0.3) is 0 Å². The van der Waals surface area contributed by atoms with Gasteiger partial charge in [0, 0.05) is 0 Å². The Hall–Kier alpha value is -2.34. The molecule has 21 heavy (non-hydrogen) atoms. The van der Waals surface area contributed by atoms with Crippen molar-refractivity contribution in [2.24, 2.45) is 0 Å². The normalized spacial score (nSPS) is 10.4. The lowest BCUT2D eigenvalue weighted by atomic mass is 9.85.